The molecule has 4 nitrogen and oxygen atoms in total. The van der Waals surface area contributed by atoms with E-state index in [4.69, 9.17) is 5.26 Å². The number of nitrogens with zero attached hydrogens (tertiary/aromatic N) is 1. The van der Waals surface area contributed by atoms with E-state index >= 15 is 0 Å². The first-order valence-corrected chi connectivity index (χ1v) is 8.34. The topological polar surface area (TPSA) is 84.5 Å². The Morgan fingerprint density at radius 2 is 2.17 bits per heavy atom. The molecule has 0 heterocycles. The molecule has 3 aliphatic carbocycles. The molecular weight excluding hydrogens is 290 g/mol. The number of aryl methyl sites for hydroxylation is 1. The molecule has 1 aromatic carbocycles. The van der Waals surface area contributed by atoms with Crippen molar-refractivity contribution in [3.63, 3.8) is 0 Å². The monoisotopic (exact) mass is 311 g/mol. The summed E-state index contributed by atoms with van der Waals surface area (Å²) in [5, 5.41) is 39.9. The fraction of sp³-hybridized carbons (Fsp3) is 0.526. The van der Waals surface area contributed by atoms with Crippen molar-refractivity contribution in [3.05, 3.63) is 35.4 Å². The van der Waals surface area contributed by atoms with Crippen molar-refractivity contribution >= 4 is 5.57 Å². The Morgan fingerprint density at radius 3 is 2.96 bits per heavy atom. The van der Waals surface area contributed by atoms with Gasteiger partial charge in [0, 0.05) is 0 Å². The Labute approximate surface area is 135 Å². The summed E-state index contributed by atoms with van der Waals surface area (Å²) < 4.78 is 0. The van der Waals surface area contributed by atoms with Crippen molar-refractivity contribution in [2.45, 2.75) is 43.8 Å². The highest BCUT2D eigenvalue weighted by Gasteiger charge is 2.56. The van der Waals surface area contributed by atoms with Gasteiger partial charge in [0.15, 0.2) is 0 Å². The van der Waals surface area contributed by atoms with Gasteiger partial charge in [-0.15, -0.1) is 0 Å². The number of allylic oxidation sites excluding steroid dienone is 2. The van der Waals surface area contributed by atoms with Gasteiger partial charge in [0.05, 0.1) is 18.6 Å². The molecule has 5 atom stereocenters. The first-order valence-electron chi connectivity index (χ1n) is 8.34. The molecule has 0 spiro atoms. The minimum Gasteiger partial charge on any atom is -0.508 e. The zero-order valence-corrected chi connectivity index (χ0v) is 12.9. The zero-order valence-electron chi connectivity index (χ0n) is 12.9. The average Bonchev–Trinajstić information content (AvgIpc) is 2.78. The third-order valence-corrected chi connectivity index (χ3v) is 6.23. The summed E-state index contributed by atoms with van der Waals surface area (Å²) in [4.78, 5) is 0. The van der Waals surface area contributed by atoms with Gasteiger partial charge < -0.3 is 15.3 Å². The molecule has 1 aromatic rings. The fourth-order valence-electron chi connectivity index (χ4n) is 5.14. The fourth-order valence-corrected chi connectivity index (χ4v) is 5.14. The lowest BCUT2D eigenvalue weighted by Gasteiger charge is -2.41. The van der Waals surface area contributed by atoms with Crippen LogP contribution in [0.5, 0.6) is 5.75 Å². The van der Waals surface area contributed by atoms with E-state index in [1.54, 1.807) is 6.07 Å². The molecule has 0 radical (unpaired) electrons. The Morgan fingerprint density at radius 1 is 1.35 bits per heavy atom. The standard InChI is InChI=1S/C19H21NO3/c20-8-7-19(23)17-6-5-14-13-4-2-12(21)9-11(13)1-3-15(14)16(17)10-18(19)22/h2,4-5,9,15-18,21-23H,1,3,6-7,10H2. The summed E-state index contributed by atoms with van der Waals surface area (Å²) in [6.45, 7) is 0. The Balaban J connectivity index is 1.73. The number of benzene rings is 1. The number of hydrogen-bond donors (Lipinski definition) is 3. The summed E-state index contributed by atoms with van der Waals surface area (Å²) in [5.74, 6) is 0.819. The van der Waals surface area contributed by atoms with Crippen LogP contribution < -0.4 is 0 Å². The number of aromatic hydroxyl groups is 1. The number of phenols is 1. The van der Waals surface area contributed by atoms with Crippen molar-refractivity contribution in [3.8, 4) is 11.8 Å². The molecule has 4 heteroatoms. The Kier molecular flexibility index (Phi) is 3.26. The average molecular weight is 311 g/mol. The van der Waals surface area contributed by atoms with Gasteiger partial charge in [0.1, 0.15) is 11.4 Å². The van der Waals surface area contributed by atoms with Gasteiger partial charge in [0.2, 0.25) is 0 Å². The van der Waals surface area contributed by atoms with Gasteiger partial charge in [-0.1, -0.05) is 12.1 Å². The molecule has 3 N–H and O–H groups in total. The van der Waals surface area contributed by atoms with Gasteiger partial charge in [-0.25, -0.2) is 0 Å². The van der Waals surface area contributed by atoms with Crippen LogP contribution in [0.1, 0.15) is 36.8 Å². The highest BCUT2D eigenvalue weighted by molar-refractivity contribution is 5.73. The number of fused-ring (bicyclic) bond motifs is 5. The second-order valence-corrected chi connectivity index (χ2v) is 7.23. The lowest BCUT2D eigenvalue weighted by Crippen LogP contribution is -2.45. The van der Waals surface area contributed by atoms with Crippen LogP contribution in [-0.2, 0) is 6.42 Å². The lowest BCUT2D eigenvalue weighted by atomic mass is 9.64. The van der Waals surface area contributed by atoms with Gasteiger partial charge in [-0.3, -0.25) is 0 Å². The van der Waals surface area contributed by atoms with E-state index in [0.717, 1.165) is 12.8 Å². The summed E-state index contributed by atoms with van der Waals surface area (Å²) in [7, 11) is 0. The van der Waals surface area contributed by atoms with Crippen molar-refractivity contribution in [2.24, 2.45) is 17.8 Å². The molecule has 120 valence electrons. The first kappa shape index (κ1) is 14.7. The first-order chi connectivity index (χ1) is 11.0. The van der Waals surface area contributed by atoms with Crippen molar-refractivity contribution in [2.75, 3.05) is 0 Å². The van der Waals surface area contributed by atoms with Crippen molar-refractivity contribution in [1.29, 1.82) is 5.26 Å². The minimum absolute atomic E-state index is 0.00428. The van der Waals surface area contributed by atoms with Crippen LogP contribution >= 0.6 is 0 Å². The van der Waals surface area contributed by atoms with Crippen LogP contribution in [0.2, 0.25) is 0 Å². The normalized spacial score (nSPS) is 38.0. The maximum Gasteiger partial charge on any atom is 0.115 e. The Hall–Kier alpha value is -1.83. The van der Waals surface area contributed by atoms with E-state index in [9.17, 15) is 15.3 Å². The van der Waals surface area contributed by atoms with Gasteiger partial charge in [0.25, 0.3) is 0 Å². The molecular formula is C19H21NO3. The van der Waals surface area contributed by atoms with Gasteiger partial charge >= 0.3 is 0 Å². The number of aliphatic hydroxyl groups excluding tert-OH is 1. The SMILES string of the molecule is N#CCC1(O)C(O)CC2C3CCc4cc(O)ccc4C3=CCC21. The molecule has 0 amide bonds. The van der Waals surface area contributed by atoms with Crippen LogP contribution in [-0.4, -0.2) is 27.0 Å². The predicted molar refractivity (Wildman–Crippen MR) is 85.3 cm³/mol. The van der Waals surface area contributed by atoms with Crippen LogP contribution in [0.3, 0.4) is 0 Å². The highest BCUT2D eigenvalue weighted by Crippen LogP contribution is 2.56. The van der Waals surface area contributed by atoms with Crippen LogP contribution in [0.25, 0.3) is 5.57 Å². The molecule has 0 aromatic heterocycles. The number of rotatable bonds is 1. The predicted octanol–water partition coefficient (Wildman–Crippen LogP) is 2.38. The molecule has 23 heavy (non-hydrogen) atoms. The van der Waals surface area contributed by atoms with Crippen LogP contribution in [0, 0.1) is 29.1 Å². The summed E-state index contributed by atoms with van der Waals surface area (Å²) in [6.07, 6.45) is 4.51. The van der Waals surface area contributed by atoms with E-state index < -0.39 is 11.7 Å². The second-order valence-electron chi connectivity index (χ2n) is 7.23. The van der Waals surface area contributed by atoms with E-state index in [-0.39, 0.29) is 18.3 Å². The third-order valence-electron chi connectivity index (χ3n) is 6.23. The van der Waals surface area contributed by atoms with Crippen molar-refractivity contribution in [1.82, 2.24) is 0 Å². The zero-order chi connectivity index (χ0) is 16.2. The molecule has 0 saturated heterocycles. The molecule has 4 rings (SSSR count). The molecule has 0 bridgehead atoms. The van der Waals surface area contributed by atoms with E-state index in [0.29, 0.717) is 24.5 Å². The quantitative estimate of drug-likeness (QED) is 0.743. The van der Waals surface area contributed by atoms with E-state index in [1.165, 1.54) is 16.7 Å². The number of phenolic OH excluding ortho intramolecular Hbond substituents is 1. The second kappa shape index (κ2) is 5.09. The summed E-state index contributed by atoms with van der Waals surface area (Å²) in [5.41, 5.74) is 2.40. The maximum absolute atomic E-state index is 10.8. The number of aliphatic hydroxyl groups is 2. The Bertz CT molecular complexity index is 720. The minimum atomic E-state index is -1.27. The summed E-state index contributed by atoms with van der Waals surface area (Å²) in [6, 6.07) is 7.60. The van der Waals surface area contributed by atoms with E-state index in [2.05, 4.69) is 6.08 Å². The smallest absolute Gasteiger partial charge is 0.115 e. The van der Waals surface area contributed by atoms with Gasteiger partial charge in [-0.2, -0.15) is 5.26 Å². The number of hydrogen-bond acceptors (Lipinski definition) is 4. The molecule has 3 aliphatic rings. The molecule has 1 fully saturated rings. The summed E-state index contributed by atoms with van der Waals surface area (Å²) >= 11 is 0. The third kappa shape index (κ3) is 2.04. The largest absolute Gasteiger partial charge is 0.508 e. The number of nitriles is 1. The lowest BCUT2D eigenvalue weighted by molar-refractivity contribution is -0.0806. The van der Waals surface area contributed by atoms with E-state index in [1.807, 2.05) is 18.2 Å². The maximum atomic E-state index is 10.8. The highest BCUT2D eigenvalue weighted by atomic mass is 16.3. The molecule has 1 saturated carbocycles. The van der Waals surface area contributed by atoms with Crippen LogP contribution in [0.15, 0.2) is 24.3 Å². The van der Waals surface area contributed by atoms with Crippen molar-refractivity contribution < 1.29 is 15.3 Å². The molecule has 5 unspecified atom stereocenters. The van der Waals surface area contributed by atoms with Crippen LogP contribution in [0.4, 0.5) is 0 Å². The molecule has 0 aliphatic heterocycles. The van der Waals surface area contributed by atoms with Gasteiger partial charge in [-0.05, 0) is 72.3 Å².